The van der Waals surface area contributed by atoms with Crippen molar-refractivity contribution in [2.24, 2.45) is 0 Å². The van der Waals surface area contributed by atoms with Crippen LogP contribution in [0.4, 0.5) is 11.4 Å². The van der Waals surface area contributed by atoms with Gasteiger partial charge in [0.25, 0.3) is 0 Å². The molecule has 0 spiro atoms. The van der Waals surface area contributed by atoms with Gasteiger partial charge in [0.1, 0.15) is 11.2 Å². The van der Waals surface area contributed by atoms with E-state index in [0.717, 1.165) is 27.9 Å². The molecule has 0 unspecified atom stereocenters. The van der Waals surface area contributed by atoms with Crippen LogP contribution in [-0.4, -0.2) is 0 Å². The highest BCUT2D eigenvalue weighted by Crippen LogP contribution is 2.32. The highest BCUT2D eigenvalue weighted by Gasteiger charge is 2.07. The van der Waals surface area contributed by atoms with E-state index < -0.39 is 0 Å². The summed E-state index contributed by atoms with van der Waals surface area (Å²) in [5.74, 6) is 0. The molecule has 0 radical (unpaired) electrons. The Morgan fingerprint density at radius 1 is 0.636 bits per heavy atom. The van der Waals surface area contributed by atoms with E-state index in [2.05, 4.69) is 67.7 Å². The van der Waals surface area contributed by atoms with Crippen molar-refractivity contribution in [3.8, 4) is 0 Å². The number of rotatable bonds is 2. The van der Waals surface area contributed by atoms with Crippen molar-refractivity contribution < 1.29 is 4.42 Å². The van der Waals surface area contributed by atoms with Gasteiger partial charge in [-0.05, 0) is 56.3 Å². The molecule has 3 aromatic carbocycles. The fourth-order valence-corrected chi connectivity index (χ4v) is 2.77. The largest absolute Gasteiger partial charge is 0.456 e. The fourth-order valence-electron chi connectivity index (χ4n) is 2.77. The Kier molecular flexibility index (Phi) is 2.90. The molecule has 0 amide bonds. The van der Waals surface area contributed by atoms with Crippen molar-refractivity contribution in [2.75, 3.05) is 5.32 Å². The summed E-state index contributed by atoms with van der Waals surface area (Å²) in [5, 5.41) is 5.77. The Morgan fingerprint density at radius 2 is 1.23 bits per heavy atom. The van der Waals surface area contributed by atoms with Gasteiger partial charge < -0.3 is 9.73 Å². The molecule has 0 bridgehead atoms. The molecular weight excluding hydrogens is 270 g/mol. The molecule has 22 heavy (non-hydrogen) atoms. The Balaban J connectivity index is 1.80. The number of fused-ring (bicyclic) bond motifs is 3. The molecule has 0 aliphatic heterocycles. The zero-order valence-corrected chi connectivity index (χ0v) is 12.7. The van der Waals surface area contributed by atoms with Crippen molar-refractivity contribution in [2.45, 2.75) is 13.8 Å². The number of furan rings is 1. The standard InChI is InChI=1S/C20H17NO/c1-13-3-6-15(7-4-13)21-16-8-10-20-18(12-16)17-11-14(2)5-9-19(17)22-20/h3-12,21H,1-2H3. The molecule has 2 heteroatoms. The predicted octanol–water partition coefficient (Wildman–Crippen LogP) is 5.95. The number of hydrogen-bond donors (Lipinski definition) is 1. The van der Waals surface area contributed by atoms with Crippen LogP contribution < -0.4 is 5.32 Å². The van der Waals surface area contributed by atoms with Gasteiger partial charge in [-0.25, -0.2) is 0 Å². The third kappa shape index (κ3) is 2.23. The highest BCUT2D eigenvalue weighted by atomic mass is 16.3. The zero-order valence-electron chi connectivity index (χ0n) is 12.7. The summed E-state index contributed by atoms with van der Waals surface area (Å²) in [6, 6.07) is 20.9. The summed E-state index contributed by atoms with van der Waals surface area (Å²) in [6.07, 6.45) is 0. The molecule has 0 fully saturated rings. The molecule has 108 valence electrons. The average Bonchev–Trinajstić information content (AvgIpc) is 2.87. The summed E-state index contributed by atoms with van der Waals surface area (Å²) >= 11 is 0. The molecule has 1 aromatic heterocycles. The van der Waals surface area contributed by atoms with E-state index in [1.807, 2.05) is 12.1 Å². The van der Waals surface area contributed by atoms with Crippen LogP contribution in [-0.2, 0) is 0 Å². The minimum Gasteiger partial charge on any atom is -0.456 e. The lowest BCUT2D eigenvalue weighted by Crippen LogP contribution is -1.89. The van der Waals surface area contributed by atoms with Crippen LogP contribution in [0.15, 0.2) is 65.1 Å². The predicted molar refractivity (Wildman–Crippen MR) is 92.9 cm³/mol. The molecule has 4 aromatic rings. The van der Waals surface area contributed by atoms with E-state index in [4.69, 9.17) is 4.42 Å². The van der Waals surface area contributed by atoms with Gasteiger partial charge in [0, 0.05) is 22.1 Å². The van der Waals surface area contributed by atoms with Gasteiger partial charge in [0.2, 0.25) is 0 Å². The summed E-state index contributed by atoms with van der Waals surface area (Å²) in [7, 11) is 0. The lowest BCUT2D eigenvalue weighted by Gasteiger charge is -2.06. The van der Waals surface area contributed by atoms with E-state index >= 15 is 0 Å². The normalized spacial score (nSPS) is 11.2. The maximum Gasteiger partial charge on any atom is 0.135 e. The molecule has 4 rings (SSSR count). The monoisotopic (exact) mass is 287 g/mol. The van der Waals surface area contributed by atoms with Crippen molar-refractivity contribution in [1.29, 1.82) is 0 Å². The van der Waals surface area contributed by atoms with E-state index in [-0.39, 0.29) is 0 Å². The van der Waals surface area contributed by atoms with Crippen molar-refractivity contribution in [3.63, 3.8) is 0 Å². The summed E-state index contributed by atoms with van der Waals surface area (Å²) < 4.78 is 5.90. The van der Waals surface area contributed by atoms with Gasteiger partial charge >= 0.3 is 0 Å². The number of nitrogens with one attached hydrogen (secondary N) is 1. The second-order valence-corrected chi connectivity index (χ2v) is 5.80. The van der Waals surface area contributed by atoms with Gasteiger partial charge in [0.05, 0.1) is 0 Å². The first kappa shape index (κ1) is 13.0. The fraction of sp³-hybridized carbons (Fsp3) is 0.100. The lowest BCUT2D eigenvalue weighted by molar-refractivity contribution is 0.669. The Bertz CT molecular complexity index is 964. The lowest BCUT2D eigenvalue weighted by atomic mass is 10.1. The van der Waals surface area contributed by atoms with Gasteiger partial charge in [-0.1, -0.05) is 29.3 Å². The minimum absolute atomic E-state index is 0.926. The molecule has 0 atom stereocenters. The summed E-state index contributed by atoms with van der Waals surface area (Å²) in [5.41, 5.74) is 6.53. The van der Waals surface area contributed by atoms with E-state index in [9.17, 15) is 0 Å². The highest BCUT2D eigenvalue weighted by molar-refractivity contribution is 6.06. The average molecular weight is 287 g/mol. The van der Waals surface area contributed by atoms with Crippen LogP contribution in [0.2, 0.25) is 0 Å². The summed E-state index contributed by atoms with van der Waals surface area (Å²) in [6.45, 7) is 4.20. The third-order valence-corrected chi connectivity index (χ3v) is 3.96. The first-order valence-electron chi connectivity index (χ1n) is 7.46. The first-order chi connectivity index (χ1) is 10.7. The topological polar surface area (TPSA) is 25.2 Å². The number of anilines is 2. The molecular formula is C20H17NO. The Morgan fingerprint density at radius 3 is 2.00 bits per heavy atom. The maximum atomic E-state index is 5.90. The molecule has 1 N–H and O–H groups in total. The van der Waals surface area contributed by atoms with Crippen LogP contribution in [0, 0.1) is 13.8 Å². The van der Waals surface area contributed by atoms with Crippen molar-refractivity contribution >= 4 is 33.3 Å². The molecule has 0 aliphatic carbocycles. The SMILES string of the molecule is Cc1ccc(Nc2ccc3oc4ccc(C)cc4c3c2)cc1. The maximum absolute atomic E-state index is 5.90. The Labute approximate surface area is 129 Å². The summed E-state index contributed by atoms with van der Waals surface area (Å²) in [4.78, 5) is 0. The second-order valence-electron chi connectivity index (χ2n) is 5.80. The number of aryl methyl sites for hydroxylation is 2. The van der Waals surface area contributed by atoms with E-state index in [1.165, 1.54) is 16.5 Å². The third-order valence-electron chi connectivity index (χ3n) is 3.96. The van der Waals surface area contributed by atoms with E-state index in [1.54, 1.807) is 0 Å². The van der Waals surface area contributed by atoms with Crippen LogP contribution in [0.25, 0.3) is 21.9 Å². The Hall–Kier alpha value is -2.74. The zero-order chi connectivity index (χ0) is 15.1. The van der Waals surface area contributed by atoms with Crippen molar-refractivity contribution in [3.05, 3.63) is 71.8 Å². The molecule has 0 saturated heterocycles. The van der Waals surface area contributed by atoms with E-state index in [0.29, 0.717) is 0 Å². The van der Waals surface area contributed by atoms with Crippen LogP contribution in [0.5, 0.6) is 0 Å². The van der Waals surface area contributed by atoms with Gasteiger partial charge in [0.15, 0.2) is 0 Å². The van der Waals surface area contributed by atoms with Gasteiger partial charge in [-0.3, -0.25) is 0 Å². The molecule has 1 heterocycles. The van der Waals surface area contributed by atoms with Crippen LogP contribution in [0.3, 0.4) is 0 Å². The molecule has 2 nitrogen and oxygen atoms in total. The first-order valence-corrected chi connectivity index (χ1v) is 7.46. The quantitative estimate of drug-likeness (QED) is 0.493. The van der Waals surface area contributed by atoms with Gasteiger partial charge in [-0.15, -0.1) is 0 Å². The van der Waals surface area contributed by atoms with Gasteiger partial charge in [-0.2, -0.15) is 0 Å². The molecule has 0 aliphatic rings. The number of benzene rings is 3. The number of hydrogen-bond acceptors (Lipinski definition) is 2. The minimum atomic E-state index is 0.926. The van der Waals surface area contributed by atoms with Crippen LogP contribution >= 0.6 is 0 Å². The molecule has 0 saturated carbocycles. The van der Waals surface area contributed by atoms with Crippen molar-refractivity contribution in [1.82, 2.24) is 0 Å². The van der Waals surface area contributed by atoms with Crippen LogP contribution in [0.1, 0.15) is 11.1 Å². The second kappa shape index (κ2) is 4.92. The smallest absolute Gasteiger partial charge is 0.135 e.